The summed E-state index contributed by atoms with van der Waals surface area (Å²) in [6.07, 6.45) is 9.03. The molecule has 0 spiro atoms. The van der Waals surface area contributed by atoms with Crippen molar-refractivity contribution in [2.45, 2.75) is 45.4 Å². The SMILES string of the molecule is CCCCCOc1ccc(/C(=C/c2cc3sc(/N=N/c4ccc(N5CCCCC5)cc4)nc3s2)C(=O)OC)cc1. The molecule has 0 N–H and O–H groups in total. The summed E-state index contributed by atoms with van der Waals surface area (Å²) in [5, 5.41) is 9.38. The van der Waals surface area contributed by atoms with E-state index in [1.165, 1.54) is 54.7 Å². The summed E-state index contributed by atoms with van der Waals surface area (Å²) in [7, 11) is 1.40. The minimum atomic E-state index is -0.387. The van der Waals surface area contributed by atoms with Crippen molar-refractivity contribution in [3.8, 4) is 5.75 Å². The average molecular weight is 575 g/mol. The van der Waals surface area contributed by atoms with E-state index in [2.05, 4.69) is 39.2 Å². The number of methoxy groups -OCH3 is 1. The number of esters is 1. The van der Waals surface area contributed by atoms with Gasteiger partial charge < -0.3 is 14.4 Å². The summed E-state index contributed by atoms with van der Waals surface area (Å²) in [5.41, 5.74) is 3.31. The molecule has 0 saturated carbocycles. The molecular weight excluding hydrogens is 541 g/mol. The molecule has 0 radical (unpaired) electrons. The molecule has 208 valence electrons. The van der Waals surface area contributed by atoms with Gasteiger partial charge in [0.05, 0.1) is 29.7 Å². The predicted octanol–water partition coefficient (Wildman–Crippen LogP) is 9.05. The van der Waals surface area contributed by atoms with Crippen molar-refractivity contribution in [3.05, 3.63) is 65.0 Å². The van der Waals surface area contributed by atoms with Crippen molar-refractivity contribution < 1.29 is 14.3 Å². The van der Waals surface area contributed by atoms with Crippen LogP contribution in [-0.4, -0.2) is 37.8 Å². The van der Waals surface area contributed by atoms with Crippen LogP contribution in [0.3, 0.4) is 0 Å². The Bertz CT molecular complexity index is 1440. The largest absolute Gasteiger partial charge is 0.494 e. The zero-order chi connectivity index (χ0) is 27.7. The van der Waals surface area contributed by atoms with Gasteiger partial charge in [0.25, 0.3) is 0 Å². The van der Waals surface area contributed by atoms with Crippen molar-refractivity contribution in [1.29, 1.82) is 0 Å². The van der Waals surface area contributed by atoms with Gasteiger partial charge in [-0.25, -0.2) is 9.78 Å². The molecule has 7 nitrogen and oxygen atoms in total. The number of fused-ring (bicyclic) bond motifs is 1. The fourth-order valence-corrected chi connectivity index (χ4v) is 6.61. The van der Waals surface area contributed by atoms with Gasteiger partial charge in [-0.3, -0.25) is 0 Å². The minimum absolute atomic E-state index is 0.387. The van der Waals surface area contributed by atoms with Gasteiger partial charge in [0.1, 0.15) is 10.6 Å². The number of rotatable bonds is 11. The van der Waals surface area contributed by atoms with Crippen LogP contribution >= 0.6 is 22.7 Å². The number of aromatic nitrogens is 1. The van der Waals surface area contributed by atoms with Crippen LogP contribution in [0.1, 0.15) is 55.9 Å². The molecule has 1 saturated heterocycles. The Kier molecular flexibility index (Phi) is 9.57. The normalized spacial score (nSPS) is 14.2. The number of hydrogen-bond acceptors (Lipinski definition) is 9. The lowest BCUT2D eigenvalue weighted by Gasteiger charge is -2.28. The molecule has 3 heterocycles. The highest BCUT2D eigenvalue weighted by Gasteiger charge is 2.15. The van der Waals surface area contributed by atoms with Gasteiger partial charge >= 0.3 is 5.97 Å². The number of nitrogens with zero attached hydrogens (tertiary/aromatic N) is 4. The maximum Gasteiger partial charge on any atom is 0.338 e. The molecular formula is C31H34N4O3S2. The predicted molar refractivity (Wildman–Crippen MR) is 166 cm³/mol. The Labute approximate surface area is 243 Å². The first-order chi connectivity index (χ1) is 19.6. The lowest BCUT2D eigenvalue weighted by Crippen LogP contribution is -2.29. The van der Waals surface area contributed by atoms with Gasteiger partial charge in [0, 0.05) is 23.7 Å². The van der Waals surface area contributed by atoms with E-state index in [1.54, 1.807) is 0 Å². The third kappa shape index (κ3) is 7.14. The molecule has 0 bridgehead atoms. The second-order valence-corrected chi connectivity index (χ2v) is 11.8. The summed E-state index contributed by atoms with van der Waals surface area (Å²) in [4.78, 5) is 21.5. The monoisotopic (exact) mass is 574 g/mol. The second kappa shape index (κ2) is 13.7. The number of carbonyl (C=O) groups excluding carboxylic acids is 1. The smallest absolute Gasteiger partial charge is 0.338 e. The number of thiophene rings is 1. The summed E-state index contributed by atoms with van der Waals surface area (Å²) in [6, 6.07) is 17.8. The third-order valence-corrected chi connectivity index (χ3v) is 8.78. The van der Waals surface area contributed by atoms with Gasteiger partial charge in [-0.1, -0.05) is 43.2 Å². The summed E-state index contributed by atoms with van der Waals surface area (Å²) < 4.78 is 11.9. The number of hydrogen-bond donors (Lipinski definition) is 0. The number of anilines is 1. The lowest BCUT2D eigenvalue weighted by molar-refractivity contribution is -0.133. The van der Waals surface area contributed by atoms with Crippen LogP contribution in [0.5, 0.6) is 5.75 Å². The number of azo groups is 1. The van der Waals surface area contributed by atoms with Crippen LogP contribution < -0.4 is 9.64 Å². The molecule has 9 heteroatoms. The first-order valence-corrected chi connectivity index (χ1v) is 15.5. The second-order valence-electron chi connectivity index (χ2n) is 9.71. The van der Waals surface area contributed by atoms with E-state index in [4.69, 9.17) is 9.47 Å². The molecule has 1 aliphatic heterocycles. The fraction of sp³-hybridized carbons (Fsp3) is 0.355. The molecule has 0 amide bonds. The van der Waals surface area contributed by atoms with Crippen molar-refractivity contribution in [3.63, 3.8) is 0 Å². The van der Waals surface area contributed by atoms with Crippen molar-refractivity contribution >= 4 is 66.3 Å². The summed E-state index contributed by atoms with van der Waals surface area (Å²) >= 11 is 2.99. The van der Waals surface area contributed by atoms with Gasteiger partial charge in [-0.15, -0.1) is 21.6 Å². The van der Waals surface area contributed by atoms with E-state index in [1.807, 2.05) is 48.5 Å². The Hall–Kier alpha value is -3.56. The highest BCUT2D eigenvalue weighted by atomic mass is 32.1. The molecule has 4 aromatic rings. The van der Waals surface area contributed by atoms with E-state index >= 15 is 0 Å². The zero-order valence-corrected chi connectivity index (χ0v) is 24.6. The maximum atomic E-state index is 12.6. The molecule has 1 fully saturated rings. The standard InChI is InChI=1S/C31H34N4O3S2/c1-3-4-8-19-38-25-15-9-22(10-16-25)27(30(36)37-2)20-26-21-28-29(39-26)32-31(40-28)34-33-23-11-13-24(14-12-23)35-17-6-5-7-18-35/h9-16,20-21H,3-8,17-19H2,1-2H3/b27-20-,34-33+. The molecule has 0 aliphatic carbocycles. The fourth-order valence-electron chi connectivity index (χ4n) is 4.62. The van der Waals surface area contributed by atoms with Crippen LogP contribution in [0.4, 0.5) is 16.5 Å². The van der Waals surface area contributed by atoms with Gasteiger partial charge in [-0.2, -0.15) is 0 Å². The Morgan fingerprint density at radius 1 is 1.00 bits per heavy atom. The summed E-state index contributed by atoms with van der Waals surface area (Å²) in [6.45, 7) is 5.10. The lowest BCUT2D eigenvalue weighted by atomic mass is 10.1. The first-order valence-electron chi connectivity index (χ1n) is 13.8. The van der Waals surface area contributed by atoms with Crippen molar-refractivity contribution in [1.82, 2.24) is 4.98 Å². The molecule has 2 aromatic heterocycles. The zero-order valence-electron chi connectivity index (χ0n) is 23.0. The quantitative estimate of drug-likeness (QED) is 0.0773. The first kappa shape index (κ1) is 28.0. The number of thiazole rings is 1. The third-order valence-electron chi connectivity index (χ3n) is 6.79. The molecule has 1 aliphatic rings. The van der Waals surface area contributed by atoms with Gasteiger partial charge in [0.15, 0.2) is 0 Å². The van der Waals surface area contributed by atoms with Gasteiger partial charge in [-0.05, 0) is 79.8 Å². The van der Waals surface area contributed by atoms with Crippen LogP contribution in [0.25, 0.3) is 21.2 Å². The molecule has 0 unspecified atom stereocenters. The minimum Gasteiger partial charge on any atom is -0.494 e. The van der Waals surface area contributed by atoms with Crippen LogP contribution in [0.2, 0.25) is 0 Å². The number of unbranched alkanes of at least 4 members (excludes halogenated alkanes) is 2. The number of ether oxygens (including phenoxy) is 2. The highest BCUT2D eigenvalue weighted by molar-refractivity contribution is 7.29. The molecule has 5 rings (SSSR count). The highest BCUT2D eigenvalue weighted by Crippen LogP contribution is 2.37. The average Bonchev–Trinajstić information content (AvgIpc) is 3.56. The van der Waals surface area contributed by atoms with E-state index in [0.717, 1.165) is 63.8 Å². The maximum absolute atomic E-state index is 12.6. The van der Waals surface area contributed by atoms with E-state index in [9.17, 15) is 4.79 Å². The number of piperidine rings is 1. The van der Waals surface area contributed by atoms with Crippen LogP contribution in [0, 0.1) is 0 Å². The van der Waals surface area contributed by atoms with Crippen LogP contribution in [-0.2, 0) is 9.53 Å². The molecule has 40 heavy (non-hydrogen) atoms. The Morgan fingerprint density at radius 2 is 1.77 bits per heavy atom. The van der Waals surface area contributed by atoms with E-state index < -0.39 is 0 Å². The molecule has 0 atom stereocenters. The van der Waals surface area contributed by atoms with Crippen molar-refractivity contribution in [2.75, 3.05) is 31.7 Å². The summed E-state index contributed by atoms with van der Waals surface area (Å²) in [5.74, 6) is 0.409. The van der Waals surface area contributed by atoms with Crippen molar-refractivity contribution in [2.24, 2.45) is 10.2 Å². The Morgan fingerprint density at radius 3 is 2.48 bits per heavy atom. The van der Waals surface area contributed by atoms with E-state index in [-0.39, 0.29) is 5.97 Å². The Balaban J connectivity index is 1.27. The number of benzene rings is 2. The van der Waals surface area contributed by atoms with Crippen LogP contribution in [0.15, 0.2) is 64.8 Å². The van der Waals surface area contributed by atoms with E-state index in [0.29, 0.717) is 17.3 Å². The topological polar surface area (TPSA) is 76.4 Å². The molecule has 2 aromatic carbocycles. The number of carbonyl (C=O) groups is 1. The van der Waals surface area contributed by atoms with Gasteiger partial charge in [0.2, 0.25) is 5.13 Å².